The summed E-state index contributed by atoms with van der Waals surface area (Å²) >= 11 is 0. The van der Waals surface area contributed by atoms with Crippen molar-refractivity contribution in [2.24, 2.45) is 0 Å². The van der Waals surface area contributed by atoms with Crippen LogP contribution >= 0.6 is 0 Å². The van der Waals surface area contributed by atoms with Gasteiger partial charge in [0.1, 0.15) is 6.04 Å². The number of ether oxygens (including phenoxy) is 1. The van der Waals surface area contributed by atoms with Crippen LogP contribution in [0.3, 0.4) is 0 Å². The van der Waals surface area contributed by atoms with Crippen LogP contribution in [0.25, 0.3) is 0 Å². The number of para-hydroxylation sites is 1. The molecule has 34 heavy (non-hydrogen) atoms. The molecule has 0 saturated carbocycles. The summed E-state index contributed by atoms with van der Waals surface area (Å²) in [7, 11) is 0. The average molecular weight is 463 g/mol. The number of hydrogen-bond donors (Lipinski definition) is 1. The van der Waals surface area contributed by atoms with E-state index in [0.29, 0.717) is 6.42 Å². The van der Waals surface area contributed by atoms with Gasteiger partial charge < -0.3 is 15.0 Å². The summed E-state index contributed by atoms with van der Waals surface area (Å²) in [4.78, 5) is 28.3. The van der Waals surface area contributed by atoms with Gasteiger partial charge in [0.2, 0.25) is 5.91 Å². The molecular formula is C28H31FN2O3. The predicted octanol–water partition coefficient (Wildman–Crippen LogP) is 4.76. The fourth-order valence-electron chi connectivity index (χ4n) is 3.56. The third-order valence-corrected chi connectivity index (χ3v) is 5.66. The lowest BCUT2D eigenvalue weighted by Crippen LogP contribution is -2.53. The molecule has 0 bridgehead atoms. The number of carbonyl (C=O) groups excluding carboxylic acids is 2. The maximum atomic E-state index is 14.0. The molecule has 2 amide bonds. The molecule has 3 rings (SSSR count). The molecule has 5 nitrogen and oxygen atoms in total. The van der Waals surface area contributed by atoms with Crippen molar-refractivity contribution in [3.8, 4) is 5.75 Å². The molecule has 6 heteroatoms. The molecular weight excluding hydrogens is 431 g/mol. The van der Waals surface area contributed by atoms with E-state index >= 15 is 0 Å². The molecule has 0 aromatic heterocycles. The topological polar surface area (TPSA) is 58.6 Å². The molecule has 0 saturated heterocycles. The Morgan fingerprint density at radius 2 is 1.50 bits per heavy atom. The highest BCUT2D eigenvalue weighted by Crippen LogP contribution is 2.18. The first-order valence-electron chi connectivity index (χ1n) is 11.5. The average Bonchev–Trinajstić information content (AvgIpc) is 2.86. The van der Waals surface area contributed by atoms with Crippen LogP contribution in [0.15, 0.2) is 84.9 Å². The minimum atomic E-state index is -0.756. The summed E-state index contributed by atoms with van der Waals surface area (Å²) in [6.45, 7) is 3.77. The van der Waals surface area contributed by atoms with Gasteiger partial charge in [-0.3, -0.25) is 9.59 Å². The molecule has 0 radical (unpaired) electrons. The first-order valence-corrected chi connectivity index (χ1v) is 11.5. The van der Waals surface area contributed by atoms with Crippen LogP contribution in [-0.4, -0.2) is 35.4 Å². The summed E-state index contributed by atoms with van der Waals surface area (Å²) in [6, 6.07) is 24.2. The van der Waals surface area contributed by atoms with Crippen molar-refractivity contribution in [3.63, 3.8) is 0 Å². The van der Waals surface area contributed by atoms with Crippen LogP contribution in [0.4, 0.5) is 4.39 Å². The Kier molecular flexibility index (Phi) is 9.21. The van der Waals surface area contributed by atoms with Gasteiger partial charge in [-0.15, -0.1) is 0 Å². The minimum Gasteiger partial charge on any atom is -0.481 e. The molecule has 0 spiro atoms. The van der Waals surface area contributed by atoms with Crippen molar-refractivity contribution in [1.82, 2.24) is 10.2 Å². The molecule has 0 unspecified atom stereocenters. The van der Waals surface area contributed by atoms with Crippen molar-refractivity contribution < 1.29 is 18.7 Å². The van der Waals surface area contributed by atoms with E-state index in [-0.39, 0.29) is 30.9 Å². The maximum Gasteiger partial charge on any atom is 0.261 e. The van der Waals surface area contributed by atoms with Gasteiger partial charge in [-0.25, -0.2) is 4.39 Å². The lowest BCUT2D eigenvalue weighted by Gasteiger charge is -2.32. The van der Waals surface area contributed by atoms with E-state index in [2.05, 4.69) is 5.32 Å². The zero-order valence-corrected chi connectivity index (χ0v) is 19.6. The number of amides is 2. The molecule has 0 heterocycles. The molecule has 0 aliphatic carbocycles. The van der Waals surface area contributed by atoms with Gasteiger partial charge in [0, 0.05) is 19.0 Å². The predicted molar refractivity (Wildman–Crippen MR) is 131 cm³/mol. The van der Waals surface area contributed by atoms with Crippen LogP contribution in [-0.2, 0) is 22.6 Å². The number of rotatable bonds is 11. The molecule has 178 valence electrons. The number of carbonyl (C=O) groups is 2. The molecule has 0 aliphatic heterocycles. The molecule has 0 fully saturated rings. The Morgan fingerprint density at radius 3 is 2.12 bits per heavy atom. The fourth-order valence-corrected chi connectivity index (χ4v) is 3.56. The fraction of sp³-hybridized carbons (Fsp3) is 0.286. The summed E-state index contributed by atoms with van der Waals surface area (Å²) in [5.41, 5.74) is 1.82. The normalized spacial score (nSPS) is 12.4. The zero-order chi connectivity index (χ0) is 24.3. The Bertz CT molecular complexity index is 1060. The highest BCUT2D eigenvalue weighted by Gasteiger charge is 2.31. The summed E-state index contributed by atoms with van der Waals surface area (Å²) in [6.07, 6.45) is 1.12. The lowest BCUT2D eigenvalue weighted by molar-refractivity contribution is -0.143. The zero-order valence-electron chi connectivity index (χ0n) is 19.6. The molecule has 0 aliphatic rings. The molecule has 2 atom stereocenters. The number of nitrogens with one attached hydrogen (secondary N) is 1. The Morgan fingerprint density at radius 1 is 0.912 bits per heavy atom. The summed E-state index contributed by atoms with van der Waals surface area (Å²) in [5.74, 6) is -1.17. The van der Waals surface area contributed by atoms with E-state index in [1.807, 2.05) is 74.5 Å². The first kappa shape index (κ1) is 25.0. The van der Waals surface area contributed by atoms with Gasteiger partial charge in [-0.2, -0.15) is 0 Å². The second-order valence-corrected chi connectivity index (χ2v) is 8.25. The lowest BCUT2D eigenvalue weighted by atomic mass is 10.0. The standard InChI is InChI=1S/C28H31FN2O3/c1-3-21(2)30-28(33)25(18-22-12-6-4-7-13-22)31(19-23-14-8-5-9-15-23)27(32)20-34-26-17-11-10-16-24(26)29/h4-17,21,25H,3,18-20H2,1-2H3,(H,30,33)/t21-,25+/m0/s1. The smallest absolute Gasteiger partial charge is 0.261 e. The van der Waals surface area contributed by atoms with Crippen molar-refractivity contribution in [2.75, 3.05) is 6.61 Å². The number of halogens is 1. The van der Waals surface area contributed by atoms with Gasteiger partial charge in [-0.1, -0.05) is 79.7 Å². The monoisotopic (exact) mass is 462 g/mol. The Hall–Kier alpha value is -3.67. The van der Waals surface area contributed by atoms with Gasteiger partial charge in [0.25, 0.3) is 5.91 Å². The van der Waals surface area contributed by atoms with E-state index in [4.69, 9.17) is 4.74 Å². The summed E-state index contributed by atoms with van der Waals surface area (Å²) in [5, 5.41) is 3.02. The van der Waals surface area contributed by atoms with Crippen molar-refractivity contribution in [1.29, 1.82) is 0 Å². The second kappa shape index (κ2) is 12.5. The molecule has 3 aromatic carbocycles. The highest BCUT2D eigenvalue weighted by atomic mass is 19.1. The number of hydrogen-bond acceptors (Lipinski definition) is 3. The first-order chi connectivity index (χ1) is 16.5. The van der Waals surface area contributed by atoms with Gasteiger partial charge >= 0.3 is 0 Å². The quantitative estimate of drug-likeness (QED) is 0.447. The molecule has 3 aromatic rings. The SMILES string of the molecule is CC[C@H](C)NC(=O)[C@@H](Cc1ccccc1)N(Cc1ccccc1)C(=O)COc1ccccc1F. The number of benzene rings is 3. The molecule has 1 N–H and O–H groups in total. The second-order valence-electron chi connectivity index (χ2n) is 8.25. The largest absolute Gasteiger partial charge is 0.481 e. The third kappa shape index (κ3) is 7.17. The minimum absolute atomic E-state index is 0.000762. The van der Waals surface area contributed by atoms with E-state index in [0.717, 1.165) is 17.5 Å². The van der Waals surface area contributed by atoms with Crippen molar-refractivity contribution in [2.45, 2.75) is 45.3 Å². The third-order valence-electron chi connectivity index (χ3n) is 5.66. The van der Waals surface area contributed by atoms with Crippen molar-refractivity contribution >= 4 is 11.8 Å². The van der Waals surface area contributed by atoms with Crippen LogP contribution in [0.1, 0.15) is 31.4 Å². The Balaban J connectivity index is 1.90. The van der Waals surface area contributed by atoms with E-state index in [1.54, 1.807) is 12.1 Å². The van der Waals surface area contributed by atoms with Crippen molar-refractivity contribution in [3.05, 3.63) is 102 Å². The van der Waals surface area contributed by atoms with E-state index < -0.39 is 17.8 Å². The van der Waals surface area contributed by atoms with Gasteiger partial charge in [0.05, 0.1) is 0 Å². The Labute approximate surface area is 200 Å². The van der Waals surface area contributed by atoms with Crippen LogP contribution in [0.2, 0.25) is 0 Å². The van der Waals surface area contributed by atoms with Gasteiger partial charge in [0.15, 0.2) is 18.2 Å². The van der Waals surface area contributed by atoms with Gasteiger partial charge in [-0.05, 0) is 36.6 Å². The van der Waals surface area contributed by atoms with Crippen LogP contribution in [0.5, 0.6) is 5.75 Å². The van der Waals surface area contributed by atoms with E-state index in [9.17, 15) is 14.0 Å². The number of nitrogens with zero attached hydrogens (tertiary/aromatic N) is 1. The van der Waals surface area contributed by atoms with Crippen LogP contribution in [0, 0.1) is 5.82 Å². The summed E-state index contributed by atoms with van der Waals surface area (Å²) < 4.78 is 19.5. The van der Waals surface area contributed by atoms with Crippen LogP contribution < -0.4 is 10.1 Å². The van der Waals surface area contributed by atoms with E-state index in [1.165, 1.54) is 17.0 Å². The maximum absolute atomic E-state index is 14.0. The highest BCUT2D eigenvalue weighted by molar-refractivity contribution is 5.88.